The van der Waals surface area contributed by atoms with Crippen LogP contribution in [0.4, 0.5) is 5.69 Å². The first-order valence-corrected chi connectivity index (χ1v) is 10.9. The van der Waals surface area contributed by atoms with Crippen LogP contribution in [0.3, 0.4) is 0 Å². The van der Waals surface area contributed by atoms with Crippen LogP contribution in [0.15, 0.2) is 23.1 Å². The number of anilines is 1. The lowest BCUT2D eigenvalue weighted by molar-refractivity contribution is -0.117. The van der Waals surface area contributed by atoms with Gasteiger partial charge in [-0.15, -0.1) is 5.10 Å². The molecule has 0 aliphatic carbocycles. The number of nitrogens with one attached hydrogen (secondary N) is 1. The highest BCUT2D eigenvalue weighted by atomic mass is 32.2. The first-order valence-electron chi connectivity index (χ1n) is 9.45. The molecule has 12 heteroatoms. The number of aromatic nitrogens is 4. The van der Waals surface area contributed by atoms with Gasteiger partial charge in [0.25, 0.3) is 0 Å². The second-order valence-corrected chi connectivity index (χ2v) is 9.75. The van der Waals surface area contributed by atoms with Crippen LogP contribution < -0.4 is 10.1 Å². The molecule has 2 heterocycles. The minimum Gasteiger partial charge on any atom is -0.495 e. The van der Waals surface area contributed by atoms with E-state index in [1.165, 1.54) is 28.2 Å². The average Bonchev–Trinajstić information content (AvgIpc) is 3.17. The Morgan fingerprint density at radius 1 is 1.27 bits per heavy atom. The lowest BCUT2D eigenvalue weighted by atomic mass is 9.96. The number of carbonyl (C=O) groups is 1. The zero-order chi connectivity index (χ0) is 21.9. The van der Waals surface area contributed by atoms with Crippen molar-refractivity contribution in [2.24, 2.45) is 0 Å². The third-order valence-corrected chi connectivity index (χ3v) is 6.45. The second kappa shape index (κ2) is 8.66. The van der Waals surface area contributed by atoms with Crippen molar-refractivity contribution in [1.29, 1.82) is 0 Å². The predicted molar refractivity (Wildman–Crippen MR) is 108 cm³/mol. The van der Waals surface area contributed by atoms with Gasteiger partial charge in [0.05, 0.1) is 20.3 Å². The molecule has 164 valence electrons. The zero-order valence-electron chi connectivity index (χ0n) is 17.5. The third-order valence-electron chi connectivity index (χ3n) is 4.53. The van der Waals surface area contributed by atoms with Gasteiger partial charge in [0.15, 0.2) is 5.82 Å². The van der Waals surface area contributed by atoms with E-state index in [0.29, 0.717) is 24.7 Å². The molecule has 11 nitrogen and oxygen atoms in total. The summed E-state index contributed by atoms with van der Waals surface area (Å²) in [5.74, 6) is 0.394. The van der Waals surface area contributed by atoms with Gasteiger partial charge in [0.1, 0.15) is 17.2 Å². The Hall–Kier alpha value is -2.57. The van der Waals surface area contributed by atoms with Crippen LogP contribution in [0.5, 0.6) is 5.75 Å². The summed E-state index contributed by atoms with van der Waals surface area (Å²) in [6.45, 7) is 6.92. The maximum absolute atomic E-state index is 13.1. The Labute approximate surface area is 175 Å². The Balaban J connectivity index is 1.81. The monoisotopic (exact) mass is 438 g/mol. The highest BCUT2D eigenvalue weighted by molar-refractivity contribution is 7.89. The van der Waals surface area contributed by atoms with Crippen molar-refractivity contribution in [1.82, 2.24) is 24.5 Å². The molecule has 1 aliphatic rings. The smallest absolute Gasteiger partial charge is 0.246 e. The fraction of sp³-hybridized carbons (Fsp3) is 0.556. The molecule has 1 aliphatic heterocycles. The summed E-state index contributed by atoms with van der Waals surface area (Å²) in [5, 5.41) is 14.2. The Morgan fingerprint density at radius 2 is 1.97 bits per heavy atom. The Morgan fingerprint density at radius 3 is 2.60 bits per heavy atom. The van der Waals surface area contributed by atoms with E-state index in [4.69, 9.17) is 9.47 Å². The van der Waals surface area contributed by atoms with Crippen molar-refractivity contribution in [3.63, 3.8) is 0 Å². The fourth-order valence-corrected chi connectivity index (χ4v) is 4.66. The van der Waals surface area contributed by atoms with E-state index in [-0.39, 0.29) is 41.6 Å². The Kier molecular flexibility index (Phi) is 6.38. The molecule has 0 bridgehead atoms. The van der Waals surface area contributed by atoms with Crippen LogP contribution in [0.1, 0.15) is 26.6 Å². The molecule has 1 aromatic carbocycles. The van der Waals surface area contributed by atoms with Crippen LogP contribution in [-0.2, 0) is 31.5 Å². The van der Waals surface area contributed by atoms with Gasteiger partial charge in [-0.3, -0.25) is 4.79 Å². The van der Waals surface area contributed by atoms with Crippen molar-refractivity contribution in [2.45, 2.75) is 37.6 Å². The molecule has 30 heavy (non-hydrogen) atoms. The minimum atomic E-state index is -3.80. The SMILES string of the molecule is COc1ccc(NC(=O)Cn2nnnc2C(C)(C)C)cc1S(=O)(=O)N1CCOCC1. The van der Waals surface area contributed by atoms with Gasteiger partial charge in [0, 0.05) is 24.2 Å². The number of methoxy groups -OCH3 is 1. The van der Waals surface area contributed by atoms with E-state index in [1.807, 2.05) is 20.8 Å². The van der Waals surface area contributed by atoms with Gasteiger partial charge in [0.2, 0.25) is 15.9 Å². The molecular weight excluding hydrogens is 412 g/mol. The van der Waals surface area contributed by atoms with Gasteiger partial charge in [-0.25, -0.2) is 13.1 Å². The van der Waals surface area contributed by atoms with Crippen molar-refractivity contribution in [3.8, 4) is 5.75 Å². The summed E-state index contributed by atoms with van der Waals surface area (Å²) in [6.07, 6.45) is 0. The number of carbonyl (C=O) groups excluding carboxylic acids is 1. The number of tetrazole rings is 1. The van der Waals surface area contributed by atoms with Crippen molar-refractivity contribution >= 4 is 21.6 Å². The molecule has 1 N–H and O–H groups in total. The van der Waals surface area contributed by atoms with Gasteiger partial charge in [-0.2, -0.15) is 4.31 Å². The lowest BCUT2D eigenvalue weighted by Gasteiger charge is -2.26. The van der Waals surface area contributed by atoms with Gasteiger partial charge >= 0.3 is 0 Å². The van der Waals surface area contributed by atoms with Crippen molar-refractivity contribution in [2.75, 3.05) is 38.7 Å². The predicted octanol–water partition coefficient (Wildman–Crippen LogP) is 0.639. The highest BCUT2D eigenvalue weighted by Crippen LogP contribution is 2.30. The largest absolute Gasteiger partial charge is 0.495 e. The first kappa shape index (κ1) is 22.1. The molecule has 0 spiro atoms. The number of sulfonamides is 1. The van der Waals surface area contributed by atoms with E-state index in [0.717, 1.165) is 0 Å². The molecule has 3 rings (SSSR count). The van der Waals surface area contributed by atoms with Crippen molar-refractivity contribution < 1.29 is 22.7 Å². The average molecular weight is 439 g/mol. The summed E-state index contributed by atoms with van der Waals surface area (Å²) in [6, 6.07) is 4.49. The summed E-state index contributed by atoms with van der Waals surface area (Å²) >= 11 is 0. The fourth-order valence-electron chi connectivity index (χ4n) is 3.07. The summed E-state index contributed by atoms with van der Waals surface area (Å²) in [5.41, 5.74) is 0.00144. The highest BCUT2D eigenvalue weighted by Gasteiger charge is 2.30. The number of hydrogen-bond donors (Lipinski definition) is 1. The van der Waals surface area contributed by atoms with E-state index in [2.05, 4.69) is 20.8 Å². The molecule has 1 aromatic heterocycles. The molecule has 1 saturated heterocycles. The van der Waals surface area contributed by atoms with Crippen LogP contribution in [0.25, 0.3) is 0 Å². The number of rotatable bonds is 6. The minimum absolute atomic E-state index is 0.0116. The lowest BCUT2D eigenvalue weighted by Crippen LogP contribution is -2.40. The quantitative estimate of drug-likeness (QED) is 0.696. The topological polar surface area (TPSA) is 129 Å². The molecule has 0 radical (unpaired) electrons. The first-order chi connectivity index (χ1) is 14.1. The molecule has 0 unspecified atom stereocenters. The molecule has 2 aromatic rings. The summed E-state index contributed by atoms with van der Waals surface area (Å²) in [7, 11) is -2.40. The number of amides is 1. The van der Waals surface area contributed by atoms with E-state index in [1.54, 1.807) is 6.07 Å². The molecule has 0 atom stereocenters. The van der Waals surface area contributed by atoms with E-state index >= 15 is 0 Å². The molecule has 1 fully saturated rings. The maximum Gasteiger partial charge on any atom is 0.246 e. The normalized spacial score (nSPS) is 15.7. The van der Waals surface area contributed by atoms with Crippen LogP contribution in [0, 0.1) is 0 Å². The summed E-state index contributed by atoms with van der Waals surface area (Å²) in [4.78, 5) is 12.5. The van der Waals surface area contributed by atoms with Gasteiger partial charge in [-0.05, 0) is 28.6 Å². The number of nitrogens with zero attached hydrogens (tertiary/aromatic N) is 5. The van der Waals surface area contributed by atoms with Crippen LogP contribution in [0.2, 0.25) is 0 Å². The standard InChI is InChI=1S/C18H26N6O5S/c1-18(2,3)17-20-21-22-24(17)12-16(25)19-13-5-6-14(28-4)15(11-13)30(26,27)23-7-9-29-10-8-23/h5-6,11H,7-10,12H2,1-4H3,(H,19,25). The molecule has 1 amide bonds. The van der Waals surface area contributed by atoms with Gasteiger partial charge < -0.3 is 14.8 Å². The zero-order valence-corrected chi connectivity index (χ0v) is 18.3. The molecule has 0 saturated carbocycles. The Bertz CT molecular complexity index is 1010. The van der Waals surface area contributed by atoms with Crippen LogP contribution in [-0.4, -0.2) is 72.3 Å². The second-order valence-electron chi connectivity index (χ2n) is 7.84. The number of ether oxygens (including phenoxy) is 2. The molecular formula is C18H26N6O5S. The number of benzene rings is 1. The van der Waals surface area contributed by atoms with Gasteiger partial charge in [-0.1, -0.05) is 20.8 Å². The summed E-state index contributed by atoms with van der Waals surface area (Å²) < 4.78 is 39.4. The number of hydrogen-bond acceptors (Lipinski definition) is 8. The van der Waals surface area contributed by atoms with Crippen LogP contribution >= 0.6 is 0 Å². The number of morpholine rings is 1. The van der Waals surface area contributed by atoms with E-state index < -0.39 is 10.0 Å². The van der Waals surface area contributed by atoms with Crippen molar-refractivity contribution in [3.05, 3.63) is 24.0 Å². The van der Waals surface area contributed by atoms with E-state index in [9.17, 15) is 13.2 Å². The maximum atomic E-state index is 13.1. The third kappa shape index (κ3) is 4.77.